The predicted molar refractivity (Wildman–Crippen MR) is 66.3 cm³/mol. The predicted octanol–water partition coefficient (Wildman–Crippen LogP) is 1.55. The zero-order valence-corrected chi connectivity index (χ0v) is 10.0. The van der Waals surface area contributed by atoms with Crippen LogP contribution in [0.3, 0.4) is 0 Å². The molecule has 2 rings (SSSR count). The Labute approximate surface area is 103 Å². The van der Waals surface area contributed by atoms with Crippen LogP contribution in [-0.4, -0.2) is 20.6 Å². The van der Waals surface area contributed by atoms with E-state index >= 15 is 0 Å². The van der Waals surface area contributed by atoms with Gasteiger partial charge in [0.2, 0.25) is 5.69 Å². The smallest absolute Gasteiger partial charge is 0.360 e. The lowest BCUT2D eigenvalue weighted by atomic mass is 10.1. The number of aromatic nitrogens is 2. The third kappa shape index (κ3) is 1.90. The number of nitrogens with zero attached hydrogens (tertiary/aromatic N) is 2. The first-order valence-corrected chi connectivity index (χ1v) is 5.40. The van der Waals surface area contributed by atoms with Crippen LogP contribution in [-0.2, 0) is 0 Å². The van der Waals surface area contributed by atoms with E-state index in [-0.39, 0.29) is 0 Å². The van der Waals surface area contributed by atoms with E-state index in [0.29, 0.717) is 5.69 Å². The monoisotopic (exact) mass is 244 g/mol. The van der Waals surface area contributed by atoms with Gasteiger partial charge < -0.3 is 5.11 Å². The van der Waals surface area contributed by atoms with Crippen LogP contribution in [0.4, 0.5) is 0 Å². The average Bonchev–Trinajstić information content (AvgIpc) is 2.33. The van der Waals surface area contributed by atoms with Gasteiger partial charge >= 0.3 is 5.97 Å². The van der Waals surface area contributed by atoms with Crippen LogP contribution < -0.4 is 5.56 Å². The average molecular weight is 244 g/mol. The number of rotatable bonds is 2. The van der Waals surface area contributed by atoms with E-state index in [1.54, 1.807) is 6.07 Å². The number of benzene rings is 1. The Morgan fingerprint density at radius 1 is 1.33 bits per heavy atom. The summed E-state index contributed by atoms with van der Waals surface area (Å²) in [6.07, 6.45) is 2.78. The number of carboxylic acids is 1. The van der Waals surface area contributed by atoms with Gasteiger partial charge in [-0.15, -0.1) is 0 Å². The molecule has 0 bridgehead atoms. The molecule has 0 aliphatic rings. The van der Waals surface area contributed by atoms with Gasteiger partial charge in [0.25, 0.3) is 5.56 Å². The van der Waals surface area contributed by atoms with Crippen molar-refractivity contribution in [2.24, 2.45) is 0 Å². The fraction of sp³-hybridized carbons (Fsp3) is 0.154. The minimum atomic E-state index is -1.32. The summed E-state index contributed by atoms with van der Waals surface area (Å²) < 4.78 is 1.30. The molecule has 18 heavy (non-hydrogen) atoms. The molecule has 1 aromatic carbocycles. The van der Waals surface area contributed by atoms with Crippen molar-refractivity contribution in [1.29, 1.82) is 0 Å². The molecule has 5 nitrogen and oxygen atoms in total. The van der Waals surface area contributed by atoms with Gasteiger partial charge in [-0.2, -0.15) is 0 Å². The number of aromatic carboxylic acids is 1. The Bertz CT molecular complexity index is 674. The maximum absolute atomic E-state index is 12.0. The molecule has 0 aliphatic heterocycles. The summed E-state index contributed by atoms with van der Waals surface area (Å²) in [5.41, 5.74) is 1.54. The topological polar surface area (TPSA) is 72.2 Å². The maximum atomic E-state index is 12.0. The molecule has 0 amide bonds. The minimum Gasteiger partial charge on any atom is -0.476 e. The molecule has 0 fully saturated rings. The molecule has 1 N–H and O–H groups in total. The van der Waals surface area contributed by atoms with E-state index in [1.807, 2.05) is 26.0 Å². The van der Waals surface area contributed by atoms with Gasteiger partial charge in [0.1, 0.15) is 0 Å². The van der Waals surface area contributed by atoms with Gasteiger partial charge in [-0.3, -0.25) is 9.36 Å². The fourth-order valence-corrected chi connectivity index (χ4v) is 1.74. The SMILES string of the molecule is Cc1cccc(-n2ccnc(C(=O)O)c2=O)c1C. The van der Waals surface area contributed by atoms with Crippen molar-refractivity contribution in [3.05, 3.63) is 57.8 Å². The van der Waals surface area contributed by atoms with Crippen molar-refractivity contribution in [2.45, 2.75) is 13.8 Å². The van der Waals surface area contributed by atoms with E-state index in [1.165, 1.54) is 17.0 Å². The van der Waals surface area contributed by atoms with E-state index < -0.39 is 17.2 Å². The summed E-state index contributed by atoms with van der Waals surface area (Å²) in [5, 5.41) is 8.89. The highest BCUT2D eigenvalue weighted by Gasteiger charge is 2.14. The second-order valence-electron chi connectivity index (χ2n) is 3.98. The van der Waals surface area contributed by atoms with E-state index in [2.05, 4.69) is 4.98 Å². The lowest BCUT2D eigenvalue weighted by Crippen LogP contribution is -2.26. The van der Waals surface area contributed by atoms with Crippen molar-refractivity contribution in [3.63, 3.8) is 0 Å². The van der Waals surface area contributed by atoms with Gasteiger partial charge in [0.05, 0.1) is 5.69 Å². The molecule has 0 unspecified atom stereocenters. The van der Waals surface area contributed by atoms with Gasteiger partial charge in [0.15, 0.2) is 0 Å². The number of carboxylic acid groups (broad SMARTS) is 1. The maximum Gasteiger partial charge on any atom is 0.360 e. The molecule has 0 saturated carbocycles. The zero-order chi connectivity index (χ0) is 13.3. The Morgan fingerprint density at radius 3 is 2.72 bits per heavy atom. The molecule has 5 heteroatoms. The van der Waals surface area contributed by atoms with Crippen LogP contribution in [0, 0.1) is 13.8 Å². The van der Waals surface area contributed by atoms with Crippen LogP contribution >= 0.6 is 0 Å². The largest absolute Gasteiger partial charge is 0.476 e. The molecular weight excluding hydrogens is 232 g/mol. The summed E-state index contributed by atoms with van der Waals surface area (Å²) in [6, 6.07) is 5.53. The summed E-state index contributed by atoms with van der Waals surface area (Å²) in [4.78, 5) is 26.5. The molecule has 1 heterocycles. The van der Waals surface area contributed by atoms with E-state index in [9.17, 15) is 9.59 Å². The quantitative estimate of drug-likeness (QED) is 0.869. The lowest BCUT2D eigenvalue weighted by Gasteiger charge is -2.11. The summed E-state index contributed by atoms with van der Waals surface area (Å²) in [7, 11) is 0. The molecule has 0 aliphatic carbocycles. The van der Waals surface area contributed by atoms with Crippen molar-refractivity contribution >= 4 is 5.97 Å². The van der Waals surface area contributed by atoms with Gasteiger partial charge in [0, 0.05) is 12.4 Å². The Hall–Kier alpha value is -2.43. The third-order valence-electron chi connectivity index (χ3n) is 2.88. The second kappa shape index (κ2) is 4.44. The van der Waals surface area contributed by atoms with E-state index in [0.717, 1.165) is 11.1 Å². The van der Waals surface area contributed by atoms with Gasteiger partial charge in [-0.25, -0.2) is 9.78 Å². The highest BCUT2D eigenvalue weighted by Crippen LogP contribution is 2.15. The summed E-state index contributed by atoms with van der Waals surface area (Å²) >= 11 is 0. The van der Waals surface area contributed by atoms with Gasteiger partial charge in [-0.05, 0) is 31.0 Å². The first-order chi connectivity index (χ1) is 8.52. The van der Waals surface area contributed by atoms with E-state index in [4.69, 9.17) is 5.11 Å². The molecule has 0 spiro atoms. The highest BCUT2D eigenvalue weighted by atomic mass is 16.4. The number of carbonyl (C=O) groups is 1. The van der Waals surface area contributed by atoms with Crippen molar-refractivity contribution in [2.75, 3.05) is 0 Å². The standard InChI is InChI=1S/C13H12N2O3/c1-8-4-3-5-10(9(8)2)15-7-6-14-11(12(15)16)13(17)18/h3-7H,1-2H3,(H,17,18). The Kier molecular flexibility index (Phi) is 2.97. The van der Waals surface area contributed by atoms with Crippen LogP contribution in [0.15, 0.2) is 35.4 Å². The van der Waals surface area contributed by atoms with Crippen molar-refractivity contribution in [1.82, 2.24) is 9.55 Å². The molecule has 1 aromatic heterocycles. The Balaban J connectivity index is 2.73. The van der Waals surface area contributed by atoms with Crippen LogP contribution in [0.5, 0.6) is 0 Å². The number of hydrogen-bond acceptors (Lipinski definition) is 3. The summed E-state index contributed by atoms with van der Waals surface area (Å²) in [5.74, 6) is -1.32. The molecular formula is C13H12N2O3. The van der Waals surface area contributed by atoms with Crippen LogP contribution in [0.1, 0.15) is 21.6 Å². The second-order valence-corrected chi connectivity index (χ2v) is 3.98. The highest BCUT2D eigenvalue weighted by molar-refractivity contribution is 5.84. The molecule has 2 aromatic rings. The lowest BCUT2D eigenvalue weighted by molar-refractivity contribution is 0.0688. The van der Waals surface area contributed by atoms with Crippen LogP contribution in [0.25, 0.3) is 5.69 Å². The molecule has 92 valence electrons. The van der Waals surface area contributed by atoms with Crippen LogP contribution in [0.2, 0.25) is 0 Å². The van der Waals surface area contributed by atoms with Crippen molar-refractivity contribution in [3.8, 4) is 5.69 Å². The third-order valence-corrected chi connectivity index (χ3v) is 2.88. The first-order valence-electron chi connectivity index (χ1n) is 5.40. The van der Waals surface area contributed by atoms with Gasteiger partial charge in [-0.1, -0.05) is 12.1 Å². The normalized spacial score (nSPS) is 10.3. The Morgan fingerprint density at radius 2 is 2.06 bits per heavy atom. The fourth-order valence-electron chi connectivity index (χ4n) is 1.74. The molecule has 0 saturated heterocycles. The first kappa shape index (κ1) is 12.0. The summed E-state index contributed by atoms with van der Waals surface area (Å²) in [6.45, 7) is 3.82. The van der Waals surface area contributed by atoms with Crippen molar-refractivity contribution < 1.29 is 9.90 Å². The molecule has 0 radical (unpaired) electrons. The molecule has 0 atom stereocenters. The zero-order valence-electron chi connectivity index (χ0n) is 10.0. The number of aryl methyl sites for hydroxylation is 1. The minimum absolute atomic E-state index is 0.474. The number of hydrogen-bond donors (Lipinski definition) is 1.